The predicted octanol–water partition coefficient (Wildman–Crippen LogP) is 1.94. The average molecular weight is 250 g/mol. The summed E-state index contributed by atoms with van der Waals surface area (Å²) in [5, 5.41) is 3.55. The molecular weight excluding hydrogens is 228 g/mol. The second-order valence-corrected chi connectivity index (χ2v) is 4.57. The smallest absolute Gasteiger partial charge is 0.123 e. The fourth-order valence-corrected chi connectivity index (χ4v) is 2.19. The Bertz CT molecular complexity index is 376. The highest BCUT2D eigenvalue weighted by atomic mass is 16.5. The Labute approximate surface area is 108 Å². The maximum Gasteiger partial charge on any atom is 0.123 e. The molecule has 0 unspecified atom stereocenters. The number of nitrogens with one attached hydrogen (secondary N) is 1. The van der Waals surface area contributed by atoms with Crippen molar-refractivity contribution >= 4 is 5.69 Å². The molecular formula is C14H22N2O2. The molecule has 3 N–H and O–H groups in total. The Morgan fingerprint density at radius 1 is 1.39 bits per heavy atom. The highest BCUT2D eigenvalue weighted by Crippen LogP contribution is 2.22. The summed E-state index contributed by atoms with van der Waals surface area (Å²) in [5.41, 5.74) is 7.74. The van der Waals surface area contributed by atoms with E-state index >= 15 is 0 Å². The first kappa shape index (κ1) is 13.2. The molecule has 4 heteroatoms. The van der Waals surface area contributed by atoms with Crippen molar-refractivity contribution in [3.63, 3.8) is 0 Å². The van der Waals surface area contributed by atoms with Gasteiger partial charge in [0.2, 0.25) is 0 Å². The Hall–Kier alpha value is -1.26. The van der Waals surface area contributed by atoms with E-state index < -0.39 is 0 Å². The molecule has 1 aliphatic heterocycles. The van der Waals surface area contributed by atoms with Crippen LogP contribution in [-0.2, 0) is 11.3 Å². The monoisotopic (exact) mass is 250 g/mol. The van der Waals surface area contributed by atoms with Crippen LogP contribution in [0, 0.1) is 0 Å². The van der Waals surface area contributed by atoms with E-state index in [4.69, 9.17) is 15.2 Å². The summed E-state index contributed by atoms with van der Waals surface area (Å²) in [5.74, 6) is 0.922. The lowest BCUT2D eigenvalue weighted by Crippen LogP contribution is -2.34. The number of nitrogen functional groups attached to an aromatic ring is 1. The van der Waals surface area contributed by atoms with Gasteiger partial charge in [-0.25, -0.2) is 0 Å². The Balaban J connectivity index is 1.95. The zero-order valence-corrected chi connectivity index (χ0v) is 10.9. The van der Waals surface area contributed by atoms with E-state index in [1.54, 1.807) is 0 Å². The van der Waals surface area contributed by atoms with Crippen LogP contribution >= 0.6 is 0 Å². The standard InChI is InChI=1S/C14H22N2O2/c1-2-18-14-4-3-12(15)9-11(14)10-16-13-5-7-17-8-6-13/h3-4,9,13,16H,2,5-8,10,15H2,1H3. The molecule has 1 heterocycles. The van der Waals surface area contributed by atoms with E-state index in [0.717, 1.165) is 49.6 Å². The summed E-state index contributed by atoms with van der Waals surface area (Å²) in [7, 11) is 0. The van der Waals surface area contributed by atoms with Crippen LogP contribution in [0.4, 0.5) is 5.69 Å². The van der Waals surface area contributed by atoms with Crippen LogP contribution in [0.15, 0.2) is 18.2 Å². The van der Waals surface area contributed by atoms with Gasteiger partial charge in [0.15, 0.2) is 0 Å². The number of anilines is 1. The van der Waals surface area contributed by atoms with Crippen molar-refractivity contribution in [3.8, 4) is 5.75 Å². The van der Waals surface area contributed by atoms with Gasteiger partial charge in [-0.15, -0.1) is 0 Å². The Morgan fingerprint density at radius 3 is 2.89 bits per heavy atom. The van der Waals surface area contributed by atoms with Gasteiger partial charge in [0, 0.05) is 37.1 Å². The van der Waals surface area contributed by atoms with Crippen molar-refractivity contribution in [3.05, 3.63) is 23.8 Å². The molecule has 2 rings (SSSR count). The van der Waals surface area contributed by atoms with Gasteiger partial charge in [-0.3, -0.25) is 0 Å². The van der Waals surface area contributed by atoms with Gasteiger partial charge < -0.3 is 20.5 Å². The third-order valence-corrected chi connectivity index (χ3v) is 3.19. The lowest BCUT2D eigenvalue weighted by atomic mass is 10.1. The minimum absolute atomic E-state index is 0.537. The van der Waals surface area contributed by atoms with E-state index in [-0.39, 0.29) is 0 Å². The van der Waals surface area contributed by atoms with Crippen molar-refractivity contribution in [2.45, 2.75) is 32.4 Å². The van der Waals surface area contributed by atoms with Gasteiger partial charge in [0.1, 0.15) is 5.75 Å². The molecule has 4 nitrogen and oxygen atoms in total. The third-order valence-electron chi connectivity index (χ3n) is 3.19. The molecule has 100 valence electrons. The van der Waals surface area contributed by atoms with E-state index in [2.05, 4.69) is 5.32 Å². The van der Waals surface area contributed by atoms with Crippen molar-refractivity contribution in [1.82, 2.24) is 5.32 Å². The number of hydrogen-bond acceptors (Lipinski definition) is 4. The summed E-state index contributed by atoms with van der Waals surface area (Å²) < 4.78 is 11.0. The normalized spacial score (nSPS) is 16.7. The van der Waals surface area contributed by atoms with Crippen LogP contribution < -0.4 is 15.8 Å². The summed E-state index contributed by atoms with van der Waals surface area (Å²) >= 11 is 0. The van der Waals surface area contributed by atoms with Crippen LogP contribution in [-0.4, -0.2) is 25.9 Å². The molecule has 18 heavy (non-hydrogen) atoms. The fourth-order valence-electron chi connectivity index (χ4n) is 2.19. The highest BCUT2D eigenvalue weighted by molar-refractivity contribution is 5.47. The lowest BCUT2D eigenvalue weighted by Gasteiger charge is -2.23. The Kier molecular flexibility index (Phi) is 4.84. The van der Waals surface area contributed by atoms with E-state index in [0.29, 0.717) is 12.6 Å². The summed E-state index contributed by atoms with van der Waals surface area (Å²) in [6.07, 6.45) is 2.15. The molecule has 1 fully saturated rings. The lowest BCUT2D eigenvalue weighted by molar-refractivity contribution is 0.0775. The number of hydrogen-bond donors (Lipinski definition) is 2. The summed E-state index contributed by atoms with van der Waals surface area (Å²) in [4.78, 5) is 0. The first-order valence-electron chi connectivity index (χ1n) is 6.62. The highest BCUT2D eigenvalue weighted by Gasteiger charge is 2.13. The molecule has 0 radical (unpaired) electrons. The second-order valence-electron chi connectivity index (χ2n) is 4.57. The molecule has 1 aromatic rings. The summed E-state index contributed by atoms with van der Waals surface area (Å²) in [6.45, 7) is 5.17. The van der Waals surface area contributed by atoms with Crippen molar-refractivity contribution in [1.29, 1.82) is 0 Å². The van der Waals surface area contributed by atoms with E-state index in [1.165, 1.54) is 0 Å². The first-order chi connectivity index (χ1) is 8.79. The van der Waals surface area contributed by atoms with Gasteiger partial charge in [-0.1, -0.05) is 0 Å². The quantitative estimate of drug-likeness (QED) is 0.784. The molecule has 0 spiro atoms. The van der Waals surface area contributed by atoms with Gasteiger partial charge in [0.25, 0.3) is 0 Å². The van der Waals surface area contributed by atoms with E-state index in [9.17, 15) is 0 Å². The van der Waals surface area contributed by atoms with Crippen molar-refractivity contribution in [2.75, 3.05) is 25.6 Å². The zero-order valence-electron chi connectivity index (χ0n) is 10.9. The molecule has 1 aliphatic rings. The SMILES string of the molecule is CCOc1ccc(N)cc1CNC1CCOCC1. The number of rotatable bonds is 5. The minimum Gasteiger partial charge on any atom is -0.494 e. The largest absolute Gasteiger partial charge is 0.494 e. The number of nitrogens with two attached hydrogens (primary N) is 1. The van der Waals surface area contributed by atoms with Crippen LogP contribution in [0.2, 0.25) is 0 Å². The maximum atomic E-state index is 5.83. The minimum atomic E-state index is 0.537. The second kappa shape index (κ2) is 6.61. The number of ether oxygens (including phenoxy) is 2. The van der Waals surface area contributed by atoms with Crippen molar-refractivity contribution < 1.29 is 9.47 Å². The first-order valence-corrected chi connectivity index (χ1v) is 6.62. The molecule has 0 bridgehead atoms. The molecule has 0 aromatic heterocycles. The van der Waals surface area contributed by atoms with Crippen LogP contribution in [0.5, 0.6) is 5.75 Å². The van der Waals surface area contributed by atoms with Gasteiger partial charge in [0.05, 0.1) is 6.61 Å². The zero-order chi connectivity index (χ0) is 12.8. The van der Waals surface area contributed by atoms with Gasteiger partial charge in [-0.05, 0) is 38.0 Å². The average Bonchev–Trinajstić information content (AvgIpc) is 2.40. The topological polar surface area (TPSA) is 56.5 Å². The molecule has 0 aliphatic carbocycles. The summed E-state index contributed by atoms with van der Waals surface area (Å²) in [6, 6.07) is 6.34. The van der Waals surface area contributed by atoms with Crippen LogP contribution in [0.1, 0.15) is 25.3 Å². The third kappa shape index (κ3) is 3.62. The maximum absolute atomic E-state index is 5.83. The molecule has 0 amide bonds. The van der Waals surface area contributed by atoms with Crippen LogP contribution in [0.3, 0.4) is 0 Å². The Morgan fingerprint density at radius 2 is 2.17 bits per heavy atom. The molecule has 0 atom stereocenters. The molecule has 0 saturated carbocycles. The number of benzene rings is 1. The molecule has 1 aromatic carbocycles. The predicted molar refractivity (Wildman–Crippen MR) is 72.7 cm³/mol. The fraction of sp³-hybridized carbons (Fsp3) is 0.571. The molecule has 1 saturated heterocycles. The van der Waals surface area contributed by atoms with Crippen LogP contribution in [0.25, 0.3) is 0 Å². The van der Waals surface area contributed by atoms with Crippen molar-refractivity contribution in [2.24, 2.45) is 0 Å². The van der Waals surface area contributed by atoms with E-state index in [1.807, 2.05) is 25.1 Å². The van der Waals surface area contributed by atoms with Gasteiger partial charge in [-0.2, -0.15) is 0 Å². The van der Waals surface area contributed by atoms with Gasteiger partial charge >= 0.3 is 0 Å².